The van der Waals surface area contributed by atoms with Crippen molar-refractivity contribution in [2.24, 2.45) is 23.7 Å². The minimum atomic E-state index is -0.486. The van der Waals surface area contributed by atoms with E-state index in [0.717, 1.165) is 11.3 Å². The third-order valence-corrected chi connectivity index (χ3v) is 5.20. The molecule has 2 heterocycles. The molecule has 22 heavy (non-hydrogen) atoms. The van der Waals surface area contributed by atoms with Crippen LogP contribution in [0.15, 0.2) is 30.4 Å². The average molecular weight is 297 g/mol. The summed E-state index contributed by atoms with van der Waals surface area (Å²) in [6.07, 6.45) is 4.93. The monoisotopic (exact) mass is 297 g/mol. The van der Waals surface area contributed by atoms with Crippen LogP contribution in [0, 0.1) is 29.5 Å². The highest BCUT2D eigenvalue weighted by Gasteiger charge is 2.60. The van der Waals surface area contributed by atoms with Crippen molar-refractivity contribution in [1.82, 2.24) is 10.2 Å². The van der Waals surface area contributed by atoms with E-state index in [0.29, 0.717) is 5.52 Å². The van der Waals surface area contributed by atoms with Crippen molar-refractivity contribution in [3.63, 3.8) is 0 Å². The molecule has 1 aromatic carbocycles. The molecule has 5 rings (SSSR count). The number of hydrogen-bond acceptors (Lipinski definition) is 3. The number of aromatic amines is 1. The number of nitrogens with one attached hydrogen (secondary N) is 1. The normalized spacial score (nSPS) is 32.5. The number of anilines is 1. The number of amides is 2. The van der Waals surface area contributed by atoms with Gasteiger partial charge in [0, 0.05) is 0 Å². The quantitative estimate of drug-likeness (QED) is 0.647. The Morgan fingerprint density at radius 3 is 2.50 bits per heavy atom. The molecule has 3 aliphatic rings. The second kappa shape index (κ2) is 3.82. The van der Waals surface area contributed by atoms with Crippen molar-refractivity contribution in [3.05, 3.63) is 36.2 Å². The highest BCUT2D eigenvalue weighted by Crippen LogP contribution is 2.53. The SMILES string of the molecule is O=C1C2C3C=CC(C3)C2C(=O)N1c1n[nH]c2cccc(F)c12. The number of aromatic nitrogens is 2. The number of rotatable bonds is 1. The van der Waals surface area contributed by atoms with E-state index in [-0.39, 0.29) is 46.7 Å². The maximum atomic E-state index is 14.1. The Morgan fingerprint density at radius 2 is 1.82 bits per heavy atom. The molecule has 1 saturated carbocycles. The minimum Gasteiger partial charge on any atom is -0.276 e. The summed E-state index contributed by atoms with van der Waals surface area (Å²) >= 11 is 0. The maximum Gasteiger partial charge on any atom is 0.239 e. The Morgan fingerprint density at radius 1 is 1.14 bits per heavy atom. The second-order valence-corrected chi connectivity index (χ2v) is 6.22. The van der Waals surface area contributed by atoms with Crippen LogP contribution in [0.1, 0.15) is 6.42 Å². The smallest absolute Gasteiger partial charge is 0.239 e. The summed E-state index contributed by atoms with van der Waals surface area (Å²) < 4.78 is 14.1. The Hall–Kier alpha value is -2.50. The minimum absolute atomic E-state index is 0.0944. The highest BCUT2D eigenvalue weighted by molar-refractivity contribution is 6.24. The third kappa shape index (κ3) is 1.26. The molecule has 1 aromatic heterocycles. The first-order valence-electron chi connectivity index (χ1n) is 7.35. The molecule has 4 unspecified atom stereocenters. The summed E-state index contributed by atoms with van der Waals surface area (Å²) in [6, 6.07) is 4.54. The first-order chi connectivity index (χ1) is 10.7. The summed E-state index contributed by atoms with van der Waals surface area (Å²) in [6.45, 7) is 0. The zero-order valence-corrected chi connectivity index (χ0v) is 11.5. The van der Waals surface area contributed by atoms with Crippen molar-refractivity contribution in [3.8, 4) is 0 Å². The van der Waals surface area contributed by atoms with Gasteiger partial charge in [0.05, 0.1) is 22.7 Å². The van der Waals surface area contributed by atoms with Crippen molar-refractivity contribution in [2.75, 3.05) is 4.90 Å². The van der Waals surface area contributed by atoms with Crippen LogP contribution >= 0.6 is 0 Å². The van der Waals surface area contributed by atoms with Gasteiger partial charge in [-0.1, -0.05) is 18.2 Å². The van der Waals surface area contributed by atoms with E-state index in [1.807, 2.05) is 12.2 Å². The number of carbonyl (C=O) groups excluding carboxylic acids is 2. The van der Waals surface area contributed by atoms with E-state index in [2.05, 4.69) is 10.2 Å². The number of benzene rings is 1. The number of halogens is 1. The summed E-state index contributed by atoms with van der Waals surface area (Å²) in [5, 5.41) is 6.93. The lowest BCUT2D eigenvalue weighted by Crippen LogP contribution is -2.33. The fourth-order valence-electron chi connectivity index (χ4n) is 4.29. The fourth-order valence-corrected chi connectivity index (χ4v) is 4.29. The standard InChI is InChI=1S/C16H12FN3O2/c17-9-2-1-3-10-13(9)14(19-18-10)20-15(21)11-7-4-5-8(6-7)12(11)16(20)22/h1-5,7-8,11-12H,6H2,(H,18,19). The van der Waals surface area contributed by atoms with E-state index < -0.39 is 5.82 Å². The third-order valence-electron chi connectivity index (χ3n) is 5.20. The molecule has 2 aromatic rings. The molecule has 0 spiro atoms. The number of nitrogens with zero attached hydrogens (tertiary/aromatic N) is 2. The lowest BCUT2D eigenvalue weighted by atomic mass is 9.85. The van der Waals surface area contributed by atoms with Crippen LogP contribution in [0.25, 0.3) is 10.9 Å². The number of imide groups is 1. The molecule has 1 aliphatic heterocycles. The first kappa shape index (κ1) is 12.1. The Labute approximate surface area is 124 Å². The molecule has 2 aliphatic carbocycles. The Bertz CT molecular complexity index is 841. The van der Waals surface area contributed by atoms with Crippen LogP contribution in [-0.4, -0.2) is 22.0 Å². The summed E-state index contributed by atoms with van der Waals surface area (Å²) in [7, 11) is 0. The van der Waals surface area contributed by atoms with Crippen molar-refractivity contribution >= 4 is 28.5 Å². The highest BCUT2D eigenvalue weighted by atomic mass is 19.1. The molecule has 2 fully saturated rings. The zero-order valence-electron chi connectivity index (χ0n) is 11.5. The molecule has 1 N–H and O–H groups in total. The lowest BCUT2D eigenvalue weighted by molar-refractivity contribution is -0.123. The van der Waals surface area contributed by atoms with Crippen LogP contribution in [0.3, 0.4) is 0 Å². The topological polar surface area (TPSA) is 66.1 Å². The molecular formula is C16H12FN3O2. The van der Waals surface area contributed by atoms with Crippen LogP contribution < -0.4 is 4.90 Å². The van der Waals surface area contributed by atoms with Crippen molar-refractivity contribution in [2.45, 2.75) is 6.42 Å². The predicted octanol–water partition coefficient (Wildman–Crippen LogP) is 2.01. The summed E-state index contributed by atoms with van der Waals surface area (Å²) in [5.41, 5.74) is 0.480. The van der Waals surface area contributed by atoms with Gasteiger partial charge in [-0.3, -0.25) is 14.7 Å². The van der Waals surface area contributed by atoms with Crippen LogP contribution in [0.2, 0.25) is 0 Å². The van der Waals surface area contributed by atoms with Gasteiger partial charge >= 0.3 is 0 Å². The van der Waals surface area contributed by atoms with Gasteiger partial charge in [-0.25, -0.2) is 9.29 Å². The molecule has 2 bridgehead atoms. The van der Waals surface area contributed by atoms with Crippen molar-refractivity contribution < 1.29 is 14.0 Å². The van der Waals surface area contributed by atoms with E-state index >= 15 is 0 Å². The Kier molecular flexibility index (Phi) is 2.10. The first-order valence-corrected chi connectivity index (χ1v) is 7.35. The van der Waals surface area contributed by atoms with Gasteiger partial charge in [-0.05, 0) is 30.4 Å². The van der Waals surface area contributed by atoms with Crippen LogP contribution in [0.5, 0.6) is 0 Å². The second-order valence-electron chi connectivity index (χ2n) is 6.22. The van der Waals surface area contributed by atoms with Gasteiger partial charge in [0.15, 0.2) is 5.82 Å². The number of fused-ring (bicyclic) bond motifs is 6. The predicted molar refractivity (Wildman–Crippen MR) is 76.3 cm³/mol. The van der Waals surface area contributed by atoms with Gasteiger partial charge < -0.3 is 0 Å². The zero-order chi connectivity index (χ0) is 15.0. The van der Waals surface area contributed by atoms with Crippen LogP contribution in [-0.2, 0) is 9.59 Å². The van der Waals surface area contributed by atoms with Crippen LogP contribution in [0.4, 0.5) is 10.2 Å². The van der Waals surface area contributed by atoms with E-state index in [4.69, 9.17) is 0 Å². The molecule has 110 valence electrons. The van der Waals surface area contributed by atoms with Gasteiger partial charge in [0.25, 0.3) is 0 Å². The average Bonchev–Trinajstić information content (AvgIpc) is 3.23. The van der Waals surface area contributed by atoms with E-state index in [1.165, 1.54) is 6.07 Å². The molecule has 6 heteroatoms. The molecule has 2 amide bonds. The van der Waals surface area contributed by atoms with E-state index in [1.54, 1.807) is 12.1 Å². The number of hydrogen-bond donors (Lipinski definition) is 1. The lowest BCUT2D eigenvalue weighted by Gasteiger charge is -2.14. The maximum absolute atomic E-state index is 14.1. The fraction of sp³-hybridized carbons (Fsp3) is 0.312. The molecule has 1 saturated heterocycles. The van der Waals surface area contributed by atoms with Crippen molar-refractivity contribution in [1.29, 1.82) is 0 Å². The number of allylic oxidation sites excluding steroid dienone is 2. The number of H-pyrrole nitrogens is 1. The molecule has 5 nitrogen and oxygen atoms in total. The molecule has 4 atom stereocenters. The number of carbonyl (C=O) groups is 2. The van der Waals surface area contributed by atoms with Gasteiger partial charge in [-0.15, -0.1) is 0 Å². The molecular weight excluding hydrogens is 285 g/mol. The summed E-state index contributed by atoms with van der Waals surface area (Å²) in [5.74, 6) is -1.23. The van der Waals surface area contributed by atoms with Gasteiger partial charge in [0.2, 0.25) is 11.8 Å². The molecule has 0 radical (unpaired) electrons. The summed E-state index contributed by atoms with van der Waals surface area (Å²) in [4.78, 5) is 26.6. The van der Waals surface area contributed by atoms with Gasteiger partial charge in [-0.2, -0.15) is 5.10 Å². The largest absolute Gasteiger partial charge is 0.276 e. The van der Waals surface area contributed by atoms with E-state index in [9.17, 15) is 14.0 Å². The van der Waals surface area contributed by atoms with Gasteiger partial charge in [0.1, 0.15) is 5.82 Å². The Balaban J connectivity index is 1.67.